The molecule has 0 aliphatic heterocycles. The summed E-state index contributed by atoms with van der Waals surface area (Å²) in [5.41, 5.74) is -1.90. The largest absolute Gasteiger partial charge is 0.478 e. The normalized spacial score (nSPS) is 14.1. The van der Waals surface area contributed by atoms with Crippen LogP contribution in [0.15, 0.2) is 64.4 Å². The van der Waals surface area contributed by atoms with Gasteiger partial charge in [-0.05, 0) is 49.6 Å². The summed E-state index contributed by atoms with van der Waals surface area (Å²) in [6.45, 7) is 5.18. The molecule has 0 aliphatic rings. The van der Waals surface area contributed by atoms with E-state index >= 15 is 0 Å². The van der Waals surface area contributed by atoms with Crippen molar-refractivity contribution in [3.63, 3.8) is 0 Å². The highest BCUT2D eigenvalue weighted by molar-refractivity contribution is 6.15. The van der Waals surface area contributed by atoms with Crippen molar-refractivity contribution in [3.8, 4) is 0 Å². The van der Waals surface area contributed by atoms with E-state index in [1.54, 1.807) is 12.1 Å². The van der Waals surface area contributed by atoms with Crippen LogP contribution in [0.2, 0.25) is 0 Å². The number of furan rings is 1. The van der Waals surface area contributed by atoms with E-state index < -0.39 is 29.4 Å². The fourth-order valence-electron chi connectivity index (χ4n) is 2.62. The molecule has 1 aromatic carbocycles. The highest BCUT2D eigenvalue weighted by Gasteiger charge is 2.37. The van der Waals surface area contributed by atoms with Gasteiger partial charge in [-0.25, -0.2) is 4.79 Å². The second-order valence-corrected chi connectivity index (χ2v) is 6.89. The van der Waals surface area contributed by atoms with Crippen LogP contribution in [0.25, 0.3) is 5.57 Å². The number of rotatable bonds is 5. The third-order valence-electron chi connectivity index (χ3n) is 4.33. The Labute approximate surface area is 186 Å². The first-order chi connectivity index (χ1) is 15.2. The van der Waals surface area contributed by atoms with Gasteiger partial charge in [0.15, 0.2) is 0 Å². The van der Waals surface area contributed by atoms with Gasteiger partial charge >= 0.3 is 18.3 Å². The SMILES string of the molecule is C/C=C\C(C)/C=C(/C(=O)O)c1ccoc1.CN=C(C)c1cc(C(F)(F)F)cc(C(F)(F)F)c1. The number of halogens is 6. The number of aliphatic carboxylic acids is 1. The molecule has 0 spiro atoms. The predicted molar refractivity (Wildman–Crippen MR) is 113 cm³/mol. The molecule has 0 bridgehead atoms. The molecule has 2 aromatic rings. The number of hydrogen-bond donors (Lipinski definition) is 1. The molecule has 1 unspecified atom stereocenters. The van der Waals surface area contributed by atoms with Crippen LogP contribution < -0.4 is 0 Å². The molecule has 0 saturated carbocycles. The summed E-state index contributed by atoms with van der Waals surface area (Å²) in [6, 6.07) is 3.03. The van der Waals surface area contributed by atoms with Crippen LogP contribution in [0.4, 0.5) is 26.3 Å². The molecule has 4 nitrogen and oxygen atoms in total. The minimum atomic E-state index is -4.83. The summed E-state index contributed by atoms with van der Waals surface area (Å²) in [5, 5.41) is 9.03. The van der Waals surface area contributed by atoms with Crippen molar-refractivity contribution >= 4 is 17.3 Å². The van der Waals surface area contributed by atoms with Gasteiger partial charge in [0.05, 0.1) is 29.2 Å². The average Bonchev–Trinajstić information content (AvgIpc) is 3.24. The number of carboxylic acid groups (broad SMARTS) is 1. The van der Waals surface area contributed by atoms with Crippen molar-refractivity contribution in [2.45, 2.75) is 33.1 Å². The lowest BCUT2D eigenvalue weighted by Gasteiger charge is -2.14. The summed E-state index contributed by atoms with van der Waals surface area (Å²) in [7, 11) is 1.29. The maximum absolute atomic E-state index is 12.5. The molecule has 0 aliphatic carbocycles. The van der Waals surface area contributed by atoms with Crippen molar-refractivity contribution in [3.05, 3.63) is 77.3 Å². The van der Waals surface area contributed by atoms with E-state index in [0.717, 1.165) is 0 Å². The van der Waals surface area contributed by atoms with Crippen molar-refractivity contribution in [1.82, 2.24) is 0 Å². The number of hydrogen-bond acceptors (Lipinski definition) is 3. The number of benzene rings is 1. The lowest BCUT2D eigenvalue weighted by atomic mass is 10.0. The molecule has 1 aromatic heterocycles. The lowest BCUT2D eigenvalue weighted by molar-refractivity contribution is -0.143. The van der Waals surface area contributed by atoms with Gasteiger partial charge < -0.3 is 9.52 Å². The molecule has 0 saturated heterocycles. The van der Waals surface area contributed by atoms with E-state index in [9.17, 15) is 31.1 Å². The van der Waals surface area contributed by atoms with Crippen molar-refractivity contribution in [2.24, 2.45) is 10.9 Å². The van der Waals surface area contributed by atoms with Gasteiger partial charge in [-0.3, -0.25) is 4.99 Å². The second kappa shape index (κ2) is 11.5. The summed E-state index contributed by atoms with van der Waals surface area (Å²) in [6.07, 6.45) is -1.23. The Morgan fingerprint density at radius 3 is 1.97 bits per heavy atom. The number of carbonyl (C=O) groups is 1. The molecule has 10 heteroatoms. The van der Waals surface area contributed by atoms with Gasteiger partial charge in [-0.2, -0.15) is 26.3 Å². The van der Waals surface area contributed by atoms with E-state index in [1.165, 1.54) is 26.5 Å². The zero-order valence-electron chi connectivity index (χ0n) is 18.3. The standard InChI is InChI=1S/C12H14O3.C11H9F6N/c1-3-4-9(2)7-11(12(13)14)10-5-6-15-8-10;1-6(18-2)7-3-8(10(12,13)14)5-9(4-7)11(15,16)17/h3-9H,1-2H3,(H,13,14);3-5H,1-2H3/b4-3-,11-7+;. The Morgan fingerprint density at radius 2 is 1.61 bits per heavy atom. The number of aliphatic imine (C=N–C) groups is 1. The summed E-state index contributed by atoms with van der Waals surface area (Å²) < 4.78 is 79.8. The average molecular weight is 475 g/mol. The Bertz CT molecular complexity index is 984. The van der Waals surface area contributed by atoms with Crippen LogP contribution in [0.1, 0.15) is 43.0 Å². The second-order valence-electron chi connectivity index (χ2n) is 6.89. The molecule has 1 heterocycles. The number of alkyl halides is 6. The van der Waals surface area contributed by atoms with E-state index in [2.05, 4.69) is 4.99 Å². The van der Waals surface area contributed by atoms with Gasteiger partial charge in [0.1, 0.15) is 0 Å². The van der Waals surface area contributed by atoms with Crippen LogP contribution in [0, 0.1) is 5.92 Å². The molecular weight excluding hydrogens is 452 g/mol. The van der Waals surface area contributed by atoms with Gasteiger partial charge in [-0.1, -0.05) is 25.2 Å². The molecule has 1 atom stereocenters. The third-order valence-corrected chi connectivity index (χ3v) is 4.33. The minimum Gasteiger partial charge on any atom is -0.478 e. The van der Waals surface area contributed by atoms with E-state index in [4.69, 9.17) is 9.52 Å². The van der Waals surface area contributed by atoms with Crippen LogP contribution >= 0.6 is 0 Å². The lowest BCUT2D eigenvalue weighted by Crippen LogP contribution is -2.13. The quantitative estimate of drug-likeness (QED) is 0.217. The van der Waals surface area contributed by atoms with Gasteiger partial charge in [0.25, 0.3) is 0 Å². The van der Waals surface area contributed by atoms with Crippen LogP contribution in [-0.2, 0) is 17.1 Å². The Morgan fingerprint density at radius 1 is 1.06 bits per heavy atom. The first-order valence-corrected chi connectivity index (χ1v) is 9.54. The number of carboxylic acids is 1. The Balaban J connectivity index is 0.000000335. The topological polar surface area (TPSA) is 62.8 Å². The van der Waals surface area contributed by atoms with Crippen LogP contribution in [-0.4, -0.2) is 23.8 Å². The van der Waals surface area contributed by atoms with Crippen LogP contribution in [0.3, 0.4) is 0 Å². The number of allylic oxidation sites excluding steroid dienone is 3. The first-order valence-electron chi connectivity index (χ1n) is 9.54. The Hall–Kier alpha value is -3.30. The predicted octanol–water partition coefficient (Wildman–Crippen LogP) is 7.12. The summed E-state index contributed by atoms with van der Waals surface area (Å²) >= 11 is 0. The van der Waals surface area contributed by atoms with Crippen molar-refractivity contribution in [2.75, 3.05) is 7.05 Å². The zero-order valence-corrected chi connectivity index (χ0v) is 18.3. The van der Waals surface area contributed by atoms with Gasteiger partial charge in [0.2, 0.25) is 0 Å². The summed E-state index contributed by atoms with van der Waals surface area (Å²) in [4.78, 5) is 14.6. The van der Waals surface area contributed by atoms with E-state index in [0.29, 0.717) is 17.7 Å². The van der Waals surface area contributed by atoms with Gasteiger partial charge in [0, 0.05) is 18.3 Å². The highest BCUT2D eigenvalue weighted by atomic mass is 19.4. The smallest absolute Gasteiger partial charge is 0.416 e. The molecule has 1 N–H and O–H groups in total. The molecule has 0 fully saturated rings. The van der Waals surface area contributed by atoms with E-state index in [1.807, 2.05) is 26.0 Å². The highest BCUT2D eigenvalue weighted by Crippen LogP contribution is 2.36. The molecule has 180 valence electrons. The summed E-state index contributed by atoms with van der Waals surface area (Å²) in [5.74, 6) is -0.844. The van der Waals surface area contributed by atoms with Crippen molar-refractivity contribution < 1.29 is 40.7 Å². The molecule has 2 rings (SSSR count). The van der Waals surface area contributed by atoms with Gasteiger partial charge in [-0.15, -0.1) is 0 Å². The monoisotopic (exact) mass is 475 g/mol. The van der Waals surface area contributed by atoms with Crippen LogP contribution in [0.5, 0.6) is 0 Å². The maximum Gasteiger partial charge on any atom is 0.416 e. The first kappa shape index (κ1) is 27.7. The van der Waals surface area contributed by atoms with Crippen molar-refractivity contribution in [1.29, 1.82) is 0 Å². The third kappa shape index (κ3) is 8.63. The maximum atomic E-state index is 12.5. The number of nitrogens with zero attached hydrogens (tertiary/aromatic N) is 1. The molecule has 33 heavy (non-hydrogen) atoms. The zero-order chi connectivity index (χ0) is 25.4. The molecular formula is C23H23F6NO3. The molecule has 0 radical (unpaired) electrons. The fourth-order valence-corrected chi connectivity index (χ4v) is 2.62. The Kier molecular flexibility index (Phi) is 9.69. The van der Waals surface area contributed by atoms with E-state index in [-0.39, 0.29) is 28.8 Å². The minimum absolute atomic E-state index is 0.0897. The fraction of sp³-hybridized carbons (Fsp3) is 0.304. The molecule has 0 amide bonds.